The van der Waals surface area contributed by atoms with Gasteiger partial charge < -0.3 is 15.0 Å². The van der Waals surface area contributed by atoms with Gasteiger partial charge in [-0.1, -0.05) is 0 Å². The smallest absolute Gasteiger partial charge is 0.407 e. The van der Waals surface area contributed by atoms with Crippen LogP contribution in [0.5, 0.6) is 0 Å². The van der Waals surface area contributed by atoms with Gasteiger partial charge in [0.1, 0.15) is 5.60 Å². The topological polar surface area (TPSA) is 84.4 Å². The van der Waals surface area contributed by atoms with E-state index in [2.05, 4.69) is 15.3 Å². The van der Waals surface area contributed by atoms with Crippen molar-refractivity contribution in [3.05, 3.63) is 53.6 Å². The van der Waals surface area contributed by atoms with Gasteiger partial charge in [0.2, 0.25) is 0 Å². The molecule has 0 fully saturated rings. The highest BCUT2D eigenvalue weighted by atomic mass is 16.6. The van der Waals surface area contributed by atoms with E-state index in [1.165, 1.54) is 0 Å². The number of pyridine rings is 2. The van der Waals surface area contributed by atoms with E-state index in [1.807, 2.05) is 6.07 Å². The van der Waals surface area contributed by atoms with Crippen molar-refractivity contribution in [1.82, 2.24) is 15.3 Å². The molecule has 7 nitrogen and oxygen atoms in total. The summed E-state index contributed by atoms with van der Waals surface area (Å²) in [4.78, 5) is 34.4. The summed E-state index contributed by atoms with van der Waals surface area (Å²) in [6.07, 6.45) is 4.48. The largest absolute Gasteiger partial charge is 0.444 e. The number of fused-ring (bicyclic) bond motifs is 1. The van der Waals surface area contributed by atoms with Crippen molar-refractivity contribution in [3.8, 4) is 0 Å². The van der Waals surface area contributed by atoms with Crippen LogP contribution in [0.1, 0.15) is 42.4 Å². The van der Waals surface area contributed by atoms with Crippen molar-refractivity contribution >= 4 is 17.7 Å². The summed E-state index contributed by atoms with van der Waals surface area (Å²) >= 11 is 0. The quantitative estimate of drug-likeness (QED) is 0.928. The highest BCUT2D eigenvalue weighted by Crippen LogP contribution is 2.27. The van der Waals surface area contributed by atoms with Crippen LogP contribution in [0.4, 0.5) is 10.5 Å². The van der Waals surface area contributed by atoms with Crippen LogP contribution < -0.4 is 10.2 Å². The maximum atomic E-state index is 12.6. The minimum atomic E-state index is -0.560. The zero-order valence-corrected chi connectivity index (χ0v) is 14.4. The Bertz CT molecular complexity index is 800. The van der Waals surface area contributed by atoms with Gasteiger partial charge in [-0.15, -0.1) is 0 Å². The van der Waals surface area contributed by atoms with Crippen LogP contribution in [0.3, 0.4) is 0 Å². The van der Waals surface area contributed by atoms with Crippen LogP contribution in [0.25, 0.3) is 0 Å². The van der Waals surface area contributed by atoms with Crippen molar-refractivity contribution < 1.29 is 14.3 Å². The van der Waals surface area contributed by atoms with Crippen LogP contribution in [0.15, 0.2) is 36.8 Å². The minimum absolute atomic E-state index is 0.0936. The molecule has 25 heavy (non-hydrogen) atoms. The highest BCUT2D eigenvalue weighted by molar-refractivity contribution is 6.09. The third kappa shape index (κ3) is 3.93. The molecule has 0 spiro atoms. The first-order valence-corrected chi connectivity index (χ1v) is 8.00. The molecule has 2 aromatic heterocycles. The van der Waals surface area contributed by atoms with Crippen molar-refractivity contribution in [2.75, 3.05) is 4.90 Å². The molecule has 3 rings (SSSR count). The Labute approximate surface area is 146 Å². The first-order chi connectivity index (χ1) is 11.8. The number of aromatic nitrogens is 2. The zero-order chi connectivity index (χ0) is 18.0. The van der Waals surface area contributed by atoms with Crippen molar-refractivity contribution in [2.24, 2.45) is 0 Å². The molecule has 2 amide bonds. The Morgan fingerprint density at radius 2 is 2.16 bits per heavy atom. The van der Waals surface area contributed by atoms with Crippen molar-refractivity contribution in [3.63, 3.8) is 0 Å². The lowest BCUT2D eigenvalue weighted by Crippen LogP contribution is -2.32. The lowest BCUT2D eigenvalue weighted by Gasteiger charge is -2.19. The number of hydrogen-bond acceptors (Lipinski definition) is 5. The maximum Gasteiger partial charge on any atom is 0.407 e. The first-order valence-electron chi connectivity index (χ1n) is 8.00. The number of carbonyl (C=O) groups is 2. The molecule has 0 unspecified atom stereocenters. The number of amides is 2. The summed E-state index contributed by atoms with van der Waals surface area (Å²) in [6.45, 7) is 6.05. The Balaban J connectivity index is 1.69. The van der Waals surface area contributed by atoms with Crippen molar-refractivity contribution in [1.29, 1.82) is 0 Å². The molecule has 0 aromatic carbocycles. The van der Waals surface area contributed by atoms with Crippen LogP contribution in [-0.2, 0) is 17.8 Å². The summed E-state index contributed by atoms with van der Waals surface area (Å²) in [7, 11) is 0. The lowest BCUT2D eigenvalue weighted by atomic mass is 10.1. The third-order valence-electron chi connectivity index (χ3n) is 3.62. The number of ether oxygens (including phenoxy) is 1. The number of carbonyl (C=O) groups excluding carboxylic acids is 2. The molecular weight excluding hydrogens is 320 g/mol. The number of nitrogens with zero attached hydrogens (tertiary/aromatic N) is 3. The monoisotopic (exact) mass is 340 g/mol. The van der Waals surface area contributed by atoms with E-state index in [9.17, 15) is 9.59 Å². The van der Waals surface area contributed by atoms with Crippen LogP contribution in [-0.4, -0.2) is 27.6 Å². The SMILES string of the molecule is CC(C)(C)OC(=O)NCc1cc2c(cn1)CN(c1cccnc1)C2=O. The summed E-state index contributed by atoms with van der Waals surface area (Å²) in [5.74, 6) is -0.0936. The second-order valence-corrected chi connectivity index (χ2v) is 6.79. The molecule has 7 heteroatoms. The lowest BCUT2D eigenvalue weighted by molar-refractivity contribution is 0.0523. The van der Waals surface area contributed by atoms with Gasteiger partial charge in [0.05, 0.1) is 30.7 Å². The summed E-state index contributed by atoms with van der Waals surface area (Å²) in [5.41, 5.74) is 2.24. The van der Waals surface area contributed by atoms with Crippen LogP contribution in [0, 0.1) is 0 Å². The minimum Gasteiger partial charge on any atom is -0.444 e. The van der Waals surface area contributed by atoms with Crippen molar-refractivity contribution in [2.45, 2.75) is 39.5 Å². The van der Waals surface area contributed by atoms with E-state index in [0.717, 1.165) is 11.3 Å². The van der Waals surface area contributed by atoms with Gasteiger partial charge in [0.15, 0.2) is 0 Å². The van der Waals surface area contributed by atoms with Gasteiger partial charge in [-0.2, -0.15) is 0 Å². The molecule has 130 valence electrons. The number of nitrogens with one attached hydrogen (secondary N) is 1. The fraction of sp³-hybridized carbons (Fsp3) is 0.333. The molecule has 0 saturated heterocycles. The molecule has 0 radical (unpaired) electrons. The Hall–Kier alpha value is -2.96. The average Bonchev–Trinajstić information content (AvgIpc) is 2.89. The van der Waals surface area contributed by atoms with E-state index in [4.69, 9.17) is 4.74 Å². The van der Waals surface area contributed by atoms with E-state index < -0.39 is 11.7 Å². The summed E-state index contributed by atoms with van der Waals surface area (Å²) in [6, 6.07) is 5.35. The molecule has 0 atom stereocenters. The van der Waals surface area contributed by atoms with Crippen LogP contribution in [0.2, 0.25) is 0 Å². The molecule has 1 aliphatic rings. The average molecular weight is 340 g/mol. The molecule has 2 aromatic rings. The maximum absolute atomic E-state index is 12.6. The Morgan fingerprint density at radius 3 is 2.84 bits per heavy atom. The van der Waals surface area contributed by atoms with Gasteiger partial charge in [-0.25, -0.2) is 4.79 Å². The zero-order valence-electron chi connectivity index (χ0n) is 14.4. The molecule has 0 saturated carbocycles. The van der Waals surface area contributed by atoms with Gasteiger partial charge in [0, 0.05) is 23.5 Å². The number of anilines is 1. The molecule has 0 aliphatic carbocycles. The molecule has 3 heterocycles. The second-order valence-electron chi connectivity index (χ2n) is 6.79. The number of alkyl carbamates (subject to hydrolysis) is 1. The Morgan fingerprint density at radius 1 is 1.36 bits per heavy atom. The highest BCUT2D eigenvalue weighted by Gasteiger charge is 2.29. The predicted octanol–water partition coefficient (Wildman–Crippen LogP) is 2.66. The van der Waals surface area contributed by atoms with Gasteiger partial charge >= 0.3 is 6.09 Å². The summed E-state index contributed by atoms with van der Waals surface area (Å²) in [5, 5.41) is 2.65. The Kier molecular flexibility index (Phi) is 4.39. The summed E-state index contributed by atoms with van der Waals surface area (Å²) < 4.78 is 5.19. The van der Waals surface area contributed by atoms with Gasteiger partial charge in [-0.3, -0.25) is 14.8 Å². The fourth-order valence-corrected chi connectivity index (χ4v) is 2.54. The van der Waals surface area contributed by atoms with E-state index in [-0.39, 0.29) is 12.5 Å². The second kappa shape index (κ2) is 6.51. The predicted molar refractivity (Wildman–Crippen MR) is 92.1 cm³/mol. The van der Waals surface area contributed by atoms with E-state index in [0.29, 0.717) is 17.8 Å². The van der Waals surface area contributed by atoms with E-state index >= 15 is 0 Å². The normalized spacial score (nSPS) is 13.6. The molecule has 0 bridgehead atoms. The molecule has 1 aliphatic heterocycles. The van der Waals surface area contributed by atoms with Crippen LogP contribution >= 0.6 is 0 Å². The van der Waals surface area contributed by atoms with Gasteiger partial charge in [-0.05, 0) is 39.0 Å². The fourth-order valence-electron chi connectivity index (χ4n) is 2.54. The standard InChI is InChI=1S/C18H20N4O3/c1-18(2,3)25-17(24)21-9-13-7-15-12(8-20-13)11-22(16(15)23)14-5-4-6-19-10-14/h4-8,10H,9,11H2,1-3H3,(H,21,24). The molecular formula is C18H20N4O3. The van der Waals surface area contributed by atoms with E-state index in [1.54, 1.807) is 56.4 Å². The third-order valence-corrected chi connectivity index (χ3v) is 3.62. The number of hydrogen-bond donors (Lipinski definition) is 1. The first kappa shape index (κ1) is 16.9. The number of rotatable bonds is 3. The molecule has 1 N–H and O–H groups in total. The van der Waals surface area contributed by atoms with Gasteiger partial charge in [0.25, 0.3) is 5.91 Å².